The van der Waals surface area contributed by atoms with E-state index in [1.54, 1.807) is 6.07 Å². The van der Waals surface area contributed by atoms with Gasteiger partial charge in [0.2, 0.25) is 0 Å². The van der Waals surface area contributed by atoms with Gasteiger partial charge in [0.05, 0.1) is 6.61 Å². The van der Waals surface area contributed by atoms with E-state index < -0.39 is 0 Å². The van der Waals surface area contributed by atoms with Crippen LogP contribution in [-0.4, -0.2) is 11.7 Å². The normalized spacial score (nSPS) is 9.86. The Kier molecular flexibility index (Phi) is 5.36. The molecule has 0 atom stereocenters. The standard InChI is InChI=1S/C18H17FO2/c1-14-9-10-17(19)12-18(14)21-13-16-8-3-2-6-15(16)7-4-5-11-20/h2-3,6,8-10,12,20H,5,11,13H2,1H3. The third-order valence-electron chi connectivity index (χ3n) is 3.01. The Morgan fingerprint density at radius 2 is 2.00 bits per heavy atom. The summed E-state index contributed by atoms with van der Waals surface area (Å²) in [6, 6.07) is 12.1. The maximum atomic E-state index is 13.2. The molecule has 0 saturated heterocycles. The Morgan fingerprint density at radius 1 is 1.19 bits per heavy atom. The first kappa shape index (κ1) is 15.1. The van der Waals surface area contributed by atoms with Crippen LogP contribution in [0.2, 0.25) is 0 Å². The van der Waals surface area contributed by atoms with Gasteiger partial charge in [-0.2, -0.15) is 0 Å². The van der Waals surface area contributed by atoms with Crippen molar-refractivity contribution in [3.63, 3.8) is 0 Å². The van der Waals surface area contributed by atoms with Crippen LogP contribution >= 0.6 is 0 Å². The van der Waals surface area contributed by atoms with Crippen molar-refractivity contribution in [2.24, 2.45) is 0 Å². The van der Waals surface area contributed by atoms with Crippen molar-refractivity contribution in [1.82, 2.24) is 0 Å². The molecule has 2 aromatic carbocycles. The first-order valence-corrected chi connectivity index (χ1v) is 6.77. The quantitative estimate of drug-likeness (QED) is 0.871. The molecule has 108 valence electrons. The minimum Gasteiger partial charge on any atom is -0.488 e. The summed E-state index contributed by atoms with van der Waals surface area (Å²) in [6.07, 6.45) is 0.443. The van der Waals surface area contributed by atoms with E-state index in [1.807, 2.05) is 31.2 Å². The van der Waals surface area contributed by atoms with Crippen molar-refractivity contribution in [3.8, 4) is 17.6 Å². The van der Waals surface area contributed by atoms with Gasteiger partial charge in [-0.05, 0) is 24.6 Å². The lowest BCUT2D eigenvalue weighted by Gasteiger charge is -2.10. The highest BCUT2D eigenvalue weighted by atomic mass is 19.1. The van der Waals surface area contributed by atoms with Gasteiger partial charge in [0, 0.05) is 23.6 Å². The number of halogens is 1. The molecule has 0 saturated carbocycles. The van der Waals surface area contributed by atoms with Crippen molar-refractivity contribution >= 4 is 0 Å². The van der Waals surface area contributed by atoms with Gasteiger partial charge in [-0.15, -0.1) is 0 Å². The molecular weight excluding hydrogens is 267 g/mol. The highest BCUT2D eigenvalue weighted by Gasteiger charge is 2.04. The van der Waals surface area contributed by atoms with Gasteiger partial charge in [0.15, 0.2) is 0 Å². The van der Waals surface area contributed by atoms with Gasteiger partial charge in [0.25, 0.3) is 0 Å². The van der Waals surface area contributed by atoms with Crippen LogP contribution < -0.4 is 4.74 Å². The molecule has 3 heteroatoms. The van der Waals surface area contributed by atoms with E-state index >= 15 is 0 Å². The number of rotatable bonds is 4. The fourth-order valence-electron chi connectivity index (χ4n) is 1.87. The highest BCUT2D eigenvalue weighted by molar-refractivity contribution is 5.41. The zero-order chi connectivity index (χ0) is 15.1. The van der Waals surface area contributed by atoms with E-state index in [1.165, 1.54) is 12.1 Å². The minimum atomic E-state index is -0.313. The summed E-state index contributed by atoms with van der Waals surface area (Å²) < 4.78 is 18.9. The number of aliphatic hydroxyl groups is 1. The highest BCUT2D eigenvalue weighted by Crippen LogP contribution is 2.20. The summed E-state index contributed by atoms with van der Waals surface area (Å²) in [6.45, 7) is 2.25. The summed E-state index contributed by atoms with van der Waals surface area (Å²) >= 11 is 0. The monoisotopic (exact) mass is 284 g/mol. The van der Waals surface area contributed by atoms with Gasteiger partial charge >= 0.3 is 0 Å². The van der Waals surface area contributed by atoms with E-state index in [2.05, 4.69) is 11.8 Å². The Bertz CT molecular complexity index is 668. The lowest BCUT2D eigenvalue weighted by molar-refractivity contribution is 0.302. The Hall–Kier alpha value is -2.31. The van der Waals surface area contributed by atoms with E-state index in [9.17, 15) is 4.39 Å². The van der Waals surface area contributed by atoms with Gasteiger partial charge in [-0.1, -0.05) is 36.1 Å². The van der Waals surface area contributed by atoms with Gasteiger partial charge in [-0.3, -0.25) is 0 Å². The SMILES string of the molecule is Cc1ccc(F)cc1OCc1ccccc1C#CCCO. The number of ether oxygens (including phenoxy) is 1. The second kappa shape index (κ2) is 7.47. The third kappa shape index (κ3) is 4.34. The molecular formula is C18H17FO2. The predicted molar refractivity (Wildman–Crippen MR) is 80.5 cm³/mol. The predicted octanol–water partition coefficient (Wildman–Crippen LogP) is 3.45. The second-order valence-electron chi connectivity index (χ2n) is 4.63. The smallest absolute Gasteiger partial charge is 0.126 e. The van der Waals surface area contributed by atoms with Crippen LogP contribution in [-0.2, 0) is 6.61 Å². The molecule has 2 aromatic rings. The van der Waals surface area contributed by atoms with Crippen molar-refractivity contribution < 1.29 is 14.2 Å². The molecule has 0 heterocycles. The molecule has 0 bridgehead atoms. The molecule has 0 aromatic heterocycles. The topological polar surface area (TPSA) is 29.5 Å². The van der Waals surface area contributed by atoms with Crippen LogP contribution in [0.25, 0.3) is 0 Å². The number of benzene rings is 2. The fraction of sp³-hybridized carbons (Fsp3) is 0.222. The number of hydrogen-bond donors (Lipinski definition) is 1. The van der Waals surface area contributed by atoms with Crippen LogP contribution in [0, 0.1) is 24.6 Å². The molecule has 0 aliphatic heterocycles. The van der Waals surface area contributed by atoms with Crippen LogP contribution in [0.15, 0.2) is 42.5 Å². The molecule has 0 aliphatic rings. The maximum absolute atomic E-state index is 13.2. The van der Waals surface area contributed by atoms with Crippen LogP contribution in [0.3, 0.4) is 0 Å². The van der Waals surface area contributed by atoms with Crippen molar-refractivity contribution in [2.45, 2.75) is 20.0 Å². The largest absolute Gasteiger partial charge is 0.488 e. The molecule has 0 unspecified atom stereocenters. The Balaban J connectivity index is 2.13. The molecule has 21 heavy (non-hydrogen) atoms. The fourth-order valence-corrected chi connectivity index (χ4v) is 1.87. The number of hydrogen-bond acceptors (Lipinski definition) is 2. The third-order valence-corrected chi connectivity index (χ3v) is 3.01. The first-order chi connectivity index (χ1) is 10.2. The summed E-state index contributed by atoms with van der Waals surface area (Å²) in [5, 5.41) is 8.76. The van der Waals surface area contributed by atoms with Crippen LogP contribution in [0.1, 0.15) is 23.1 Å². The first-order valence-electron chi connectivity index (χ1n) is 6.77. The molecule has 2 nitrogen and oxygen atoms in total. The van der Waals surface area contributed by atoms with E-state index in [-0.39, 0.29) is 12.4 Å². The van der Waals surface area contributed by atoms with Gasteiger partial charge in [-0.25, -0.2) is 4.39 Å². The molecule has 0 spiro atoms. The maximum Gasteiger partial charge on any atom is 0.126 e. The number of aryl methyl sites for hydroxylation is 1. The van der Waals surface area contributed by atoms with Crippen molar-refractivity contribution in [1.29, 1.82) is 0 Å². The lowest BCUT2D eigenvalue weighted by atomic mass is 10.1. The van der Waals surface area contributed by atoms with Crippen molar-refractivity contribution in [2.75, 3.05) is 6.61 Å². The molecule has 0 fully saturated rings. The second-order valence-corrected chi connectivity index (χ2v) is 4.63. The van der Waals surface area contributed by atoms with Crippen LogP contribution in [0.4, 0.5) is 4.39 Å². The molecule has 1 N–H and O–H groups in total. The van der Waals surface area contributed by atoms with E-state index in [0.29, 0.717) is 18.8 Å². The Morgan fingerprint density at radius 3 is 2.81 bits per heavy atom. The molecule has 2 rings (SSSR count). The van der Waals surface area contributed by atoms with Crippen molar-refractivity contribution in [3.05, 3.63) is 65.0 Å². The average Bonchev–Trinajstić information content (AvgIpc) is 2.49. The summed E-state index contributed by atoms with van der Waals surface area (Å²) in [7, 11) is 0. The molecule has 0 aliphatic carbocycles. The summed E-state index contributed by atoms with van der Waals surface area (Å²) in [4.78, 5) is 0. The summed E-state index contributed by atoms with van der Waals surface area (Å²) in [5.41, 5.74) is 2.69. The zero-order valence-corrected chi connectivity index (χ0v) is 11.9. The zero-order valence-electron chi connectivity index (χ0n) is 11.9. The van der Waals surface area contributed by atoms with Crippen LogP contribution in [0.5, 0.6) is 5.75 Å². The Labute approximate surface area is 124 Å². The minimum absolute atomic E-state index is 0.0498. The van der Waals surface area contributed by atoms with E-state index in [0.717, 1.165) is 16.7 Å². The summed E-state index contributed by atoms with van der Waals surface area (Å²) in [5.74, 6) is 6.13. The number of aliphatic hydroxyl groups excluding tert-OH is 1. The lowest BCUT2D eigenvalue weighted by Crippen LogP contribution is -2.00. The molecule has 0 radical (unpaired) electrons. The average molecular weight is 284 g/mol. The van der Waals surface area contributed by atoms with Gasteiger partial charge in [0.1, 0.15) is 18.2 Å². The van der Waals surface area contributed by atoms with Gasteiger partial charge < -0.3 is 9.84 Å². The molecule has 0 amide bonds. The van der Waals surface area contributed by atoms with E-state index in [4.69, 9.17) is 9.84 Å².